The molecule has 1 N–H and O–H groups in total. The van der Waals surface area contributed by atoms with Crippen LogP contribution in [0.5, 0.6) is 0 Å². The molecule has 0 radical (unpaired) electrons. The summed E-state index contributed by atoms with van der Waals surface area (Å²) in [6.45, 7) is 1.40. The summed E-state index contributed by atoms with van der Waals surface area (Å²) >= 11 is 0. The average molecular weight is 285 g/mol. The fourth-order valence-corrected chi connectivity index (χ4v) is 4.82. The number of esters is 1. The molecule has 2 aliphatic carbocycles. The maximum absolute atomic E-state index is 12.7. The van der Waals surface area contributed by atoms with Gasteiger partial charge in [-0.15, -0.1) is 0 Å². The monoisotopic (exact) mass is 285 g/mol. The van der Waals surface area contributed by atoms with Crippen molar-refractivity contribution in [2.45, 2.75) is 44.1 Å². The van der Waals surface area contributed by atoms with Crippen LogP contribution < -0.4 is 5.32 Å². The zero-order chi connectivity index (χ0) is 14.6. The molecule has 0 unspecified atom stereocenters. The predicted octanol–water partition coefficient (Wildman–Crippen LogP) is 2.84. The maximum Gasteiger partial charge on any atom is 0.303 e. The molecule has 4 rings (SSSR count). The van der Waals surface area contributed by atoms with Gasteiger partial charge in [-0.3, -0.25) is 9.59 Å². The molecule has 1 aromatic carbocycles. The van der Waals surface area contributed by atoms with Crippen LogP contribution in [0, 0.1) is 11.8 Å². The molecule has 3 aliphatic rings. The summed E-state index contributed by atoms with van der Waals surface area (Å²) in [6.07, 6.45) is 4.42. The fourth-order valence-electron chi connectivity index (χ4n) is 4.82. The number of anilines is 1. The quantitative estimate of drug-likeness (QED) is 0.807. The Balaban J connectivity index is 1.85. The third-order valence-corrected chi connectivity index (χ3v) is 5.47. The number of ether oxygens (including phenoxy) is 1. The zero-order valence-electron chi connectivity index (χ0n) is 12.1. The summed E-state index contributed by atoms with van der Waals surface area (Å²) in [5.74, 6) is 0.165. The molecular formula is C17H19NO3. The Morgan fingerprint density at radius 2 is 2.05 bits per heavy atom. The zero-order valence-corrected chi connectivity index (χ0v) is 12.1. The third kappa shape index (κ3) is 1.56. The first-order valence-electron chi connectivity index (χ1n) is 7.74. The summed E-state index contributed by atoms with van der Waals surface area (Å²) in [7, 11) is 0. The van der Waals surface area contributed by atoms with E-state index in [9.17, 15) is 9.59 Å². The highest BCUT2D eigenvalue weighted by molar-refractivity contribution is 6.04. The van der Waals surface area contributed by atoms with E-state index in [0.29, 0.717) is 5.92 Å². The molecule has 110 valence electrons. The molecule has 1 aromatic rings. The molecule has 0 saturated heterocycles. The van der Waals surface area contributed by atoms with Crippen molar-refractivity contribution >= 4 is 17.6 Å². The summed E-state index contributed by atoms with van der Waals surface area (Å²) in [5, 5.41) is 2.95. The Bertz CT molecular complexity index is 626. The van der Waals surface area contributed by atoms with E-state index in [2.05, 4.69) is 11.4 Å². The van der Waals surface area contributed by atoms with E-state index in [1.807, 2.05) is 18.2 Å². The van der Waals surface area contributed by atoms with Crippen molar-refractivity contribution in [2.75, 3.05) is 5.32 Å². The number of benzene rings is 1. The van der Waals surface area contributed by atoms with E-state index in [1.165, 1.54) is 13.3 Å². The van der Waals surface area contributed by atoms with Crippen LogP contribution in [0.25, 0.3) is 0 Å². The van der Waals surface area contributed by atoms with Gasteiger partial charge in [0, 0.05) is 24.4 Å². The largest absolute Gasteiger partial charge is 0.448 e. The summed E-state index contributed by atoms with van der Waals surface area (Å²) in [5.41, 5.74) is 1.03. The molecule has 1 amide bonds. The molecule has 0 aromatic heterocycles. The second kappa shape index (κ2) is 4.33. The minimum atomic E-state index is -0.967. The van der Waals surface area contributed by atoms with E-state index >= 15 is 0 Å². The number of fused-ring (bicyclic) bond motifs is 6. The van der Waals surface area contributed by atoms with Crippen LogP contribution in [-0.2, 0) is 14.3 Å². The number of amides is 1. The van der Waals surface area contributed by atoms with Crippen molar-refractivity contribution in [3.8, 4) is 0 Å². The smallest absolute Gasteiger partial charge is 0.303 e. The van der Waals surface area contributed by atoms with Crippen molar-refractivity contribution in [1.29, 1.82) is 0 Å². The standard InChI is InChI=1S/C17H19NO3/c1-10(19)21-17-13-8-4-2-6-11(13)15(17)12-7-3-5-9-14(12)18-16(17)20/h3,5,7,9,11,13,15H,2,4,6,8H2,1H3,(H,18,20)/t11-,13+,15+,17-/m1/s1. The van der Waals surface area contributed by atoms with Gasteiger partial charge in [0.2, 0.25) is 5.60 Å². The molecule has 4 heteroatoms. The van der Waals surface area contributed by atoms with Crippen molar-refractivity contribution in [1.82, 2.24) is 0 Å². The van der Waals surface area contributed by atoms with E-state index in [4.69, 9.17) is 4.74 Å². The van der Waals surface area contributed by atoms with Crippen LogP contribution in [0.15, 0.2) is 24.3 Å². The minimum absolute atomic E-state index is 0.0247. The lowest BCUT2D eigenvalue weighted by atomic mass is 9.46. The number of hydrogen-bond donors (Lipinski definition) is 1. The first-order valence-corrected chi connectivity index (χ1v) is 7.74. The van der Waals surface area contributed by atoms with Gasteiger partial charge in [0.05, 0.1) is 0 Å². The van der Waals surface area contributed by atoms with Gasteiger partial charge in [-0.25, -0.2) is 0 Å². The normalized spacial score (nSPS) is 36.4. The van der Waals surface area contributed by atoms with Gasteiger partial charge in [0.15, 0.2) is 0 Å². The number of nitrogens with one attached hydrogen (secondary N) is 1. The summed E-state index contributed by atoms with van der Waals surface area (Å²) in [6, 6.07) is 7.91. The highest BCUT2D eigenvalue weighted by Gasteiger charge is 2.70. The lowest BCUT2D eigenvalue weighted by molar-refractivity contribution is -0.212. The van der Waals surface area contributed by atoms with Gasteiger partial charge < -0.3 is 10.1 Å². The van der Waals surface area contributed by atoms with E-state index in [1.54, 1.807) is 0 Å². The SMILES string of the molecule is CC(=O)O[C@@]12C(=O)Nc3ccccc3[C@@H]1[C@@H]1CCCC[C@@H]12. The Labute approximate surface area is 123 Å². The lowest BCUT2D eigenvalue weighted by Crippen LogP contribution is -2.71. The molecule has 1 aliphatic heterocycles. The Hall–Kier alpha value is -1.84. The fraction of sp³-hybridized carbons (Fsp3) is 0.529. The second-order valence-electron chi connectivity index (χ2n) is 6.46. The van der Waals surface area contributed by atoms with E-state index in [-0.39, 0.29) is 23.7 Å². The molecule has 1 heterocycles. The Kier molecular flexibility index (Phi) is 2.65. The van der Waals surface area contributed by atoms with Crippen LogP contribution in [0.2, 0.25) is 0 Å². The number of rotatable bonds is 1. The second-order valence-corrected chi connectivity index (χ2v) is 6.46. The topological polar surface area (TPSA) is 55.4 Å². The third-order valence-electron chi connectivity index (χ3n) is 5.47. The van der Waals surface area contributed by atoms with Gasteiger partial charge in [-0.2, -0.15) is 0 Å². The van der Waals surface area contributed by atoms with Crippen LogP contribution in [0.3, 0.4) is 0 Å². The predicted molar refractivity (Wildman–Crippen MR) is 77.8 cm³/mol. The molecule has 0 bridgehead atoms. The van der Waals surface area contributed by atoms with Crippen LogP contribution in [-0.4, -0.2) is 17.5 Å². The van der Waals surface area contributed by atoms with E-state index in [0.717, 1.165) is 30.5 Å². The molecule has 0 spiro atoms. The first-order chi connectivity index (χ1) is 10.1. The van der Waals surface area contributed by atoms with Gasteiger partial charge in [-0.05, 0) is 30.4 Å². The number of carbonyl (C=O) groups excluding carboxylic acids is 2. The van der Waals surface area contributed by atoms with Crippen LogP contribution in [0.4, 0.5) is 5.69 Å². The van der Waals surface area contributed by atoms with Crippen molar-refractivity contribution < 1.29 is 14.3 Å². The molecule has 4 nitrogen and oxygen atoms in total. The average Bonchev–Trinajstić information content (AvgIpc) is 2.46. The lowest BCUT2D eigenvalue weighted by Gasteiger charge is -2.62. The summed E-state index contributed by atoms with van der Waals surface area (Å²) in [4.78, 5) is 24.4. The number of hydrogen-bond acceptors (Lipinski definition) is 3. The molecule has 2 fully saturated rings. The molecular weight excluding hydrogens is 266 g/mol. The minimum Gasteiger partial charge on any atom is -0.448 e. The highest BCUT2D eigenvalue weighted by atomic mass is 16.6. The van der Waals surface area contributed by atoms with Crippen LogP contribution in [0.1, 0.15) is 44.1 Å². The Morgan fingerprint density at radius 1 is 1.29 bits per heavy atom. The van der Waals surface area contributed by atoms with Crippen molar-refractivity contribution in [3.05, 3.63) is 29.8 Å². The van der Waals surface area contributed by atoms with Gasteiger partial charge in [0.1, 0.15) is 0 Å². The Morgan fingerprint density at radius 3 is 2.86 bits per heavy atom. The van der Waals surface area contributed by atoms with Gasteiger partial charge in [-0.1, -0.05) is 31.0 Å². The molecule has 21 heavy (non-hydrogen) atoms. The van der Waals surface area contributed by atoms with E-state index < -0.39 is 5.60 Å². The number of carbonyl (C=O) groups is 2. The van der Waals surface area contributed by atoms with Crippen molar-refractivity contribution in [3.63, 3.8) is 0 Å². The summed E-state index contributed by atoms with van der Waals surface area (Å²) < 4.78 is 5.67. The van der Waals surface area contributed by atoms with Gasteiger partial charge >= 0.3 is 5.97 Å². The van der Waals surface area contributed by atoms with Gasteiger partial charge in [0.25, 0.3) is 5.91 Å². The number of para-hydroxylation sites is 1. The molecule has 4 atom stereocenters. The van der Waals surface area contributed by atoms with Crippen LogP contribution >= 0.6 is 0 Å². The molecule has 2 saturated carbocycles. The highest BCUT2D eigenvalue weighted by Crippen LogP contribution is 2.65. The first kappa shape index (κ1) is 12.9. The maximum atomic E-state index is 12.7. The van der Waals surface area contributed by atoms with Crippen molar-refractivity contribution in [2.24, 2.45) is 11.8 Å².